The van der Waals surface area contributed by atoms with E-state index in [-0.39, 0.29) is 5.91 Å². The summed E-state index contributed by atoms with van der Waals surface area (Å²) in [5.74, 6) is 0.102. The molecule has 31 heavy (non-hydrogen) atoms. The first-order chi connectivity index (χ1) is 14.7. The number of aliphatic hydroxyl groups is 1. The van der Waals surface area contributed by atoms with Gasteiger partial charge >= 0.3 is 0 Å². The quantitative estimate of drug-likeness (QED) is 0.500. The average Bonchev–Trinajstić information content (AvgIpc) is 3.30. The van der Waals surface area contributed by atoms with Crippen LogP contribution in [0, 0.1) is 0 Å². The molecule has 4 aromatic rings. The van der Waals surface area contributed by atoms with Gasteiger partial charge in [0.2, 0.25) is 5.95 Å². The number of nitrogens with zero attached hydrogens (tertiary/aromatic N) is 5. The Balaban J connectivity index is 1.69. The summed E-state index contributed by atoms with van der Waals surface area (Å²) in [6.07, 6.45) is 6.05. The molecule has 0 aliphatic rings. The molecule has 0 aliphatic heterocycles. The number of hydrogen-bond acceptors (Lipinski definition) is 5. The second kappa shape index (κ2) is 7.96. The molecule has 3 aromatic heterocycles. The highest BCUT2D eigenvalue weighted by atomic mass is 16.3. The summed E-state index contributed by atoms with van der Waals surface area (Å²) in [7, 11) is 1.83. The smallest absolute Gasteiger partial charge is 0.258 e. The van der Waals surface area contributed by atoms with Gasteiger partial charge in [0.05, 0.1) is 35.1 Å². The topological polar surface area (TPSA) is 97.9 Å². The number of amides is 1. The Bertz CT molecular complexity index is 1250. The van der Waals surface area contributed by atoms with E-state index in [1.807, 2.05) is 36.0 Å². The number of pyridine rings is 1. The lowest BCUT2D eigenvalue weighted by molar-refractivity contribution is 0.0630. The van der Waals surface area contributed by atoms with Crippen molar-refractivity contribution >= 4 is 22.9 Å². The van der Waals surface area contributed by atoms with Crippen LogP contribution in [-0.2, 0) is 20.0 Å². The van der Waals surface area contributed by atoms with Gasteiger partial charge in [-0.25, -0.2) is 4.98 Å². The van der Waals surface area contributed by atoms with E-state index in [0.717, 1.165) is 28.6 Å². The third-order valence-corrected chi connectivity index (χ3v) is 5.01. The molecule has 160 valence electrons. The first-order valence-corrected chi connectivity index (χ1v) is 10.2. The van der Waals surface area contributed by atoms with Crippen molar-refractivity contribution in [3.63, 3.8) is 0 Å². The molecule has 0 unspecified atom stereocenters. The Morgan fingerprint density at radius 2 is 2.03 bits per heavy atom. The third-order valence-electron chi connectivity index (χ3n) is 5.01. The Hall–Kier alpha value is -3.52. The molecule has 1 amide bonds. The van der Waals surface area contributed by atoms with E-state index in [1.165, 1.54) is 0 Å². The molecule has 8 nitrogen and oxygen atoms in total. The van der Waals surface area contributed by atoms with Gasteiger partial charge in [-0.05, 0) is 50.1 Å². The normalized spacial score (nSPS) is 11.8. The van der Waals surface area contributed by atoms with E-state index < -0.39 is 5.60 Å². The molecule has 0 aliphatic carbocycles. The highest BCUT2D eigenvalue weighted by Crippen LogP contribution is 2.25. The van der Waals surface area contributed by atoms with Gasteiger partial charge in [0.1, 0.15) is 0 Å². The average molecular weight is 419 g/mol. The number of carbonyl (C=O) groups excluding carboxylic acids is 1. The van der Waals surface area contributed by atoms with Crippen LogP contribution < -0.4 is 5.32 Å². The predicted octanol–water partition coefficient (Wildman–Crippen LogP) is 3.42. The molecule has 4 rings (SSSR count). The van der Waals surface area contributed by atoms with Gasteiger partial charge in [0.15, 0.2) is 0 Å². The molecule has 0 radical (unpaired) electrons. The van der Waals surface area contributed by atoms with Crippen LogP contribution >= 0.6 is 0 Å². The van der Waals surface area contributed by atoms with E-state index in [0.29, 0.717) is 23.8 Å². The van der Waals surface area contributed by atoms with Gasteiger partial charge in [-0.15, -0.1) is 0 Å². The summed E-state index contributed by atoms with van der Waals surface area (Å²) >= 11 is 0. The number of aromatic nitrogens is 5. The van der Waals surface area contributed by atoms with Crippen LogP contribution in [0.4, 0.5) is 5.95 Å². The Morgan fingerprint density at radius 1 is 1.23 bits per heavy atom. The van der Waals surface area contributed by atoms with Crippen LogP contribution in [0.25, 0.3) is 22.3 Å². The summed E-state index contributed by atoms with van der Waals surface area (Å²) in [5.41, 5.74) is 3.79. The van der Waals surface area contributed by atoms with Crippen molar-refractivity contribution in [2.75, 3.05) is 5.32 Å². The van der Waals surface area contributed by atoms with E-state index in [2.05, 4.69) is 27.3 Å². The Kier molecular flexibility index (Phi) is 5.32. The monoisotopic (exact) mass is 418 g/mol. The molecule has 8 heteroatoms. The largest absolute Gasteiger partial charge is 0.389 e. The SMILES string of the molecule is CCc1ccc2c(c1)nc(NC(=O)c1ccnc(-c3cnn(C)c3)c1)n2CC(C)(C)O. The van der Waals surface area contributed by atoms with Crippen LogP contribution in [0.3, 0.4) is 0 Å². The van der Waals surface area contributed by atoms with Gasteiger partial charge in [-0.1, -0.05) is 13.0 Å². The van der Waals surface area contributed by atoms with Crippen molar-refractivity contribution in [3.8, 4) is 11.3 Å². The second-order valence-corrected chi connectivity index (χ2v) is 8.30. The molecule has 0 atom stereocenters. The maximum Gasteiger partial charge on any atom is 0.258 e. The highest BCUT2D eigenvalue weighted by molar-refractivity contribution is 6.04. The molecule has 1 aromatic carbocycles. The summed E-state index contributed by atoms with van der Waals surface area (Å²) in [4.78, 5) is 22.0. The van der Waals surface area contributed by atoms with Crippen LogP contribution in [0.1, 0.15) is 36.7 Å². The summed E-state index contributed by atoms with van der Waals surface area (Å²) in [5, 5.41) is 17.5. The van der Waals surface area contributed by atoms with Crippen LogP contribution in [0.15, 0.2) is 48.9 Å². The summed E-state index contributed by atoms with van der Waals surface area (Å²) in [6, 6.07) is 9.42. The van der Waals surface area contributed by atoms with Crippen molar-refractivity contribution in [2.45, 2.75) is 39.3 Å². The van der Waals surface area contributed by atoms with Gasteiger partial charge in [0.25, 0.3) is 5.91 Å². The molecule has 0 saturated heterocycles. The first-order valence-electron chi connectivity index (χ1n) is 10.2. The molecule has 0 spiro atoms. The molecular weight excluding hydrogens is 392 g/mol. The van der Waals surface area contributed by atoms with Crippen molar-refractivity contribution in [1.82, 2.24) is 24.3 Å². The van der Waals surface area contributed by atoms with Gasteiger partial charge in [-0.2, -0.15) is 5.10 Å². The standard InChI is InChI=1S/C23H26N6O2/c1-5-15-6-7-20-19(10-15)26-22(29(20)14-23(2,3)31)27-21(30)16-8-9-24-18(11-16)17-12-25-28(4)13-17/h6-13,31H,5,14H2,1-4H3,(H,26,27,30). The minimum atomic E-state index is -0.972. The second-order valence-electron chi connectivity index (χ2n) is 8.30. The lowest BCUT2D eigenvalue weighted by atomic mass is 10.1. The molecule has 0 saturated carbocycles. The third kappa shape index (κ3) is 4.49. The van der Waals surface area contributed by atoms with E-state index in [4.69, 9.17) is 0 Å². The molecular formula is C23H26N6O2. The minimum absolute atomic E-state index is 0.294. The number of anilines is 1. The van der Waals surface area contributed by atoms with Crippen LogP contribution in [0.5, 0.6) is 0 Å². The summed E-state index contributed by atoms with van der Waals surface area (Å²) < 4.78 is 3.53. The number of rotatable bonds is 6. The Labute approximate surface area is 180 Å². The summed E-state index contributed by atoms with van der Waals surface area (Å²) in [6.45, 7) is 5.84. The fraction of sp³-hybridized carbons (Fsp3) is 0.304. The van der Waals surface area contributed by atoms with Crippen LogP contribution in [0.2, 0.25) is 0 Å². The minimum Gasteiger partial charge on any atom is -0.389 e. The maximum atomic E-state index is 13.0. The Morgan fingerprint density at radius 3 is 2.71 bits per heavy atom. The lowest BCUT2D eigenvalue weighted by Gasteiger charge is -2.20. The fourth-order valence-corrected chi connectivity index (χ4v) is 3.49. The number of carbonyl (C=O) groups is 1. The number of hydrogen-bond donors (Lipinski definition) is 2. The fourth-order valence-electron chi connectivity index (χ4n) is 3.49. The molecule has 2 N–H and O–H groups in total. The van der Waals surface area contributed by atoms with E-state index >= 15 is 0 Å². The van der Waals surface area contributed by atoms with Crippen molar-refractivity contribution in [3.05, 3.63) is 60.0 Å². The number of imidazole rings is 1. The van der Waals surface area contributed by atoms with Crippen molar-refractivity contribution in [2.24, 2.45) is 7.05 Å². The molecule has 0 fully saturated rings. The number of aryl methyl sites for hydroxylation is 2. The van der Waals surface area contributed by atoms with Crippen LogP contribution in [-0.4, -0.2) is 40.9 Å². The van der Waals surface area contributed by atoms with Crippen molar-refractivity contribution < 1.29 is 9.90 Å². The maximum absolute atomic E-state index is 13.0. The predicted molar refractivity (Wildman–Crippen MR) is 120 cm³/mol. The van der Waals surface area contributed by atoms with Crippen molar-refractivity contribution in [1.29, 1.82) is 0 Å². The zero-order chi connectivity index (χ0) is 22.2. The number of nitrogens with one attached hydrogen (secondary N) is 1. The first kappa shape index (κ1) is 20.7. The lowest BCUT2D eigenvalue weighted by Crippen LogP contribution is -2.27. The zero-order valence-electron chi connectivity index (χ0n) is 18.1. The van der Waals surface area contributed by atoms with E-state index in [1.54, 1.807) is 43.1 Å². The number of fused-ring (bicyclic) bond motifs is 1. The van der Waals surface area contributed by atoms with Gasteiger partial charge < -0.3 is 9.67 Å². The molecule has 0 bridgehead atoms. The van der Waals surface area contributed by atoms with Gasteiger partial charge in [0, 0.05) is 30.6 Å². The van der Waals surface area contributed by atoms with Gasteiger partial charge in [-0.3, -0.25) is 19.8 Å². The zero-order valence-corrected chi connectivity index (χ0v) is 18.1. The van der Waals surface area contributed by atoms with E-state index in [9.17, 15) is 9.90 Å². The number of benzene rings is 1. The highest BCUT2D eigenvalue weighted by Gasteiger charge is 2.21. The molecule has 3 heterocycles.